The van der Waals surface area contributed by atoms with Crippen molar-refractivity contribution in [2.75, 3.05) is 6.54 Å². The number of hydrogen-bond donors (Lipinski definition) is 1. The Hall–Kier alpha value is -1.58. The first-order chi connectivity index (χ1) is 8.17. The van der Waals surface area contributed by atoms with Gasteiger partial charge in [0.25, 0.3) is 0 Å². The van der Waals surface area contributed by atoms with Crippen LogP contribution < -0.4 is 10.1 Å². The van der Waals surface area contributed by atoms with Gasteiger partial charge in [0.05, 0.1) is 6.54 Å². The molecule has 0 aliphatic carbocycles. The summed E-state index contributed by atoms with van der Waals surface area (Å²) in [7, 11) is 0. The Balaban J connectivity index is 2.52. The highest BCUT2D eigenvalue weighted by Gasteiger charge is 2.11. The van der Waals surface area contributed by atoms with Gasteiger partial charge in [-0.15, -0.1) is 0 Å². The van der Waals surface area contributed by atoms with Crippen molar-refractivity contribution in [2.24, 2.45) is 0 Å². The van der Waals surface area contributed by atoms with E-state index in [4.69, 9.17) is 4.74 Å². The fourth-order valence-corrected chi connectivity index (χ4v) is 1.34. The van der Waals surface area contributed by atoms with Crippen molar-refractivity contribution in [3.05, 3.63) is 30.1 Å². The SMILES string of the molecule is CCC(=O)NC[C@@H](CC)Oc1ccccc1F. The molecule has 0 radical (unpaired) electrons. The first kappa shape index (κ1) is 13.5. The molecule has 1 N–H and O–H groups in total. The summed E-state index contributed by atoms with van der Waals surface area (Å²) >= 11 is 0. The lowest BCUT2D eigenvalue weighted by Gasteiger charge is -2.18. The number of carbonyl (C=O) groups excluding carboxylic acids is 1. The Labute approximate surface area is 101 Å². The Kier molecular flexibility index (Phi) is 5.46. The van der Waals surface area contributed by atoms with Crippen LogP contribution >= 0.6 is 0 Å². The minimum absolute atomic E-state index is 0.0272. The second-order valence-electron chi connectivity index (χ2n) is 3.74. The highest BCUT2D eigenvalue weighted by atomic mass is 19.1. The number of carbonyl (C=O) groups is 1. The van der Waals surface area contributed by atoms with Gasteiger partial charge in [-0.1, -0.05) is 26.0 Å². The lowest BCUT2D eigenvalue weighted by molar-refractivity contribution is -0.121. The minimum atomic E-state index is -0.382. The molecule has 0 saturated carbocycles. The average molecular weight is 239 g/mol. The molecule has 0 aliphatic heterocycles. The monoisotopic (exact) mass is 239 g/mol. The zero-order chi connectivity index (χ0) is 12.7. The van der Waals surface area contributed by atoms with Gasteiger partial charge in [0.1, 0.15) is 6.10 Å². The van der Waals surface area contributed by atoms with Gasteiger partial charge in [-0.05, 0) is 18.6 Å². The van der Waals surface area contributed by atoms with Crippen LogP contribution in [0.3, 0.4) is 0 Å². The van der Waals surface area contributed by atoms with Crippen LogP contribution in [0.4, 0.5) is 4.39 Å². The van der Waals surface area contributed by atoms with Crippen molar-refractivity contribution >= 4 is 5.91 Å². The summed E-state index contributed by atoms with van der Waals surface area (Å²) in [5.41, 5.74) is 0. The second-order valence-corrected chi connectivity index (χ2v) is 3.74. The Bertz CT molecular complexity index is 368. The molecule has 1 aromatic carbocycles. The van der Waals surface area contributed by atoms with E-state index in [0.717, 1.165) is 0 Å². The Morgan fingerprint density at radius 1 is 1.41 bits per heavy atom. The zero-order valence-corrected chi connectivity index (χ0v) is 10.2. The quantitative estimate of drug-likeness (QED) is 0.828. The van der Waals surface area contributed by atoms with Crippen LogP contribution in [0, 0.1) is 5.82 Å². The van der Waals surface area contributed by atoms with Crippen molar-refractivity contribution in [2.45, 2.75) is 32.8 Å². The molecule has 0 aliphatic rings. The fourth-order valence-electron chi connectivity index (χ4n) is 1.34. The number of ether oxygens (including phenoxy) is 1. The first-order valence-electron chi connectivity index (χ1n) is 5.85. The summed E-state index contributed by atoms with van der Waals surface area (Å²) in [6.07, 6.45) is 0.941. The zero-order valence-electron chi connectivity index (χ0n) is 10.2. The highest BCUT2D eigenvalue weighted by molar-refractivity contribution is 5.75. The minimum Gasteiger partial charge on any atom is -0.486 e. The normalized spacial score (nSPS) is 11.9. The average Bonchev–Trinajstić information content (AvgIpc) is 2.36. The van der Waals surface area contributed by atoms with Gasteiger partial charge in [0.15, 0.2) is 11.6 Å². The standard InChI is InChI=1S/C13H18FNO2/c1-3-10(9-15-13(16)4-2)17-12-8-6-5-7-11(12)14/h5-8,10H,3-4,9H2,1-2H3,(H,15,16)/t10-/m1/s1. The smallest absolute Gasteiger partial charge is 0.219 e. The summed E-state index contributed by atoms with van der Waals surface area (Å²) in [5.74, 6) is -0.182. The third kappa shape index (κ3) is 4.43. The van der Waals surface area contributed by atoms with Crippen LogP contribution in [-0.4, -0.2) is 18.6 Å². The maximum atomic E-state index is 13.3. The predicted molar refractivity (Wildman–Crippen MR) is 64.4 cm³/mol. The van der Waals surface area contributed by atoms with Gasteiger partial charge in [0, 0.05) is 6.42 Å². The summed E-state index contributed by atoms with van der Waals surface area (Å²) < 4.78 is 18.8. The molecule has 1 rings (SSSR count). The highest BCUT2D eigenvalue weighted by Crippen LogP contribution is 2.17. The first-order valence-corrected chi connectivity index (χ1v) is 5.85. The maximum Gasteiger partial charge on any atom is 0.219 e. The van der Waals surface area contributed by atoms with E-state index in [-0.39, 0.29) is 23.6 Å². The molecule has 0 heterocycles. The summed E-state index contributed by atoms with van der Waals surface area (Å²) in [4.78, 5) is 11.1. The number of hydrogen-bond acceptors (Lipinski definition) is 2. The molecular formula is C13H18FNO2. The molecule has 0 unspecified atom stereocenters. The Morgan fingerprint density at radius 3 is 2.71 bits per heavy atom. The summed E-state index contributed by atoms with van der Waals surface area (Å²) in [6, 6.07) is 6.27. The van der Waals surface area contributed by atoms with E-state index in [1.54, 1.807) is 25.1 Å². The van der Waals surface area contributed by atoms with Crippen LogP contribution in [0.1, 0.15) is 26.7 Å². The molecule has 94 valence electrons. The number of amides is 1. The fraction of sp³-hybridized carbons (Fsp3) is 0.462. The van der Waals surface area contributed by atoms with Crippen molar-refractivity contribution in [1.82, 2.24) is 5.32 Å². The molecule has 0 saturated heterocycles. The third-order valence-corrected chi connectivity index (χ3v) is 2.43. The molecular weight excluding hydrogens is 221 g/mol. The Morgan fingerprint density at radius 2 is 2.12 bits per heavy atom. The van der Waals surface area contributed by atoms with Crippen molar-refractivity contribution < 1.29 is 13.9 Å². The number of benzene rings is 1. The number of para-hydroxylation sites is 1. The topological polar surface area (TPSA) is 38.3 Å². The van der Waals surface area contributed by atoms with Crippen LogP contribution in [0.15, 0.2) is 24.3 Å². The lowest BCUT2D eigenvalue weighted by atomic mass is 10.2. The molecule has 1 aromatic rings. The molecule has 0 bridgehead atoms. The molecule has 17 heavy (non-hydrogen) atoms. The van der Waals surface area contributed by atoms with E-state index in [1.807, 2.05) is 6.92 Å². The van der Waals surface area contributed by atoms with Crippen molar-refractivity contribution in [3.63, 3.8) is 0 Å². The van der Waals surface area contributed by atoms with Crippen molar-refractivity contribution in [1.29, 1.82) is 0 Å². The maximum absolute atomic E-state index is 13.3. The third-order valence-electron chi connectivity index (χ3n) is 2.43. The van der Waals surface area contributed by atoms with E-state index in [0.29, 0.717) is 19.4 Å². The summed E-state index contributed by atoms with van der Waals surface area (Å²) in [6.45, 7) is 4.12. The van der Waals surface area contributed by atoms with E-state index in [1.165, 1.54) is 6.07 Å². The van der Waals surface area contributed by atoms with Crippen LogP contribution in [0.25, 0.3) is 0 Å². The number of nitrogens with one attached hydrogen (secondary N) is 1. The van der Waals surface area contributed by atoms with Gasteiger partial charge < -0.3 is 10.1 Å². The van der Waals surface area contributed by atoms with E-state index >= 15 is 0 Å². The van der Waals surface area contributed by atoms with E-state index in [9.17, 15) is 9.18 Å². The molecule has 0 fully saturated rings. The van der Waals surface area contributed by atoms with E-state index < -0.39 is 0 Å². The second kappa shape index (κ2) is 6.89. The molecule has 1 atom stereocenters. The lowest BCUT2D eigenvalue weighted by Crippen LogP contribution is -2.34. The van der Waals surface area contributed by atoms with Gasteiger partial charge >= 0.3 is 0 Å². The van der Waals surface area contributed by atoms with Gasteiger partial charge in [0.2, 0.25) is 5.91 Å². The van der Waals surface area contributed by atoms with Crippen molar-refractivity contribution in [3.8, 4) is 5.75 Å². The van der Waals surface area contributed by atoms with Crippen LogP contribution in [-0.2, 0) is 4.79 Å². The molecule has 0 spiro atoms. The number of rotatable bonds is 6. The predicted octanol–water partition coefficient (Wildman–Crippen LogP) is 2.51. The summed E-state index contributed by atoms with van der Waals surface area (Å²) in [5, 5.41) is 2.74. The van der Waals surface area contributed by atoms with Gasteiger partial charge in [-0.25, -0.2) is 4.39 Å². The molecule has 3 nitrogen and oxygen atoms in total. The van der Waals surface area contributed by atoms with Gasteiger partial charge in [-0.2, -0.15) is 0 Å². The largest absolute Gasteiger partial charge is 0.486 e. The van der Waals surface area contributed by atoms with Crippen LogP contribution in [0.2, 0.25) is 0 Å². The number of halogens is 1. The molecule has 0 aromatic heterocycles. The molecule has 4 heteroatoms. The molecule has 1 amide bonds. The van der Waals surface area contributed by atoms with Gasteiger partial charge in [-0.3, -0.25) is 4.79 Å². The van der Waals surface area contributed by atoms with Crippen LogP contribution in [0.5, 0.6) is 5.75 Å². The van der Waals surface area contributed by atoms with E-state index in [2.05, 4.69) is 5.32 Å².